The molecule has 13 heavy (non-hydrogen) atoms. The first kappa shape index (κ1) is 10.0. The third-order valence-corrected chi connectivity index (χ3v) is 2.59. The van der Waals surface area contributed by atoms with Crippen LogP contribution >= 0.6 is 11.9 Å². The predicted molar refractivity (Wildman–Crippen MR) is 45.8 cm³/mol. The Kier molecular flexibility index (Phi) is 3.30. The Morgan fingerprint density at radius 1 is 1.38 bits per heavy atom. The number of aliphatic carboxylic acids is 1. The average molecular weight is 203 g/mol. The van der Waals surface area contributed by atoms with Crippen molar-refractivity contribution in [2.75, 3.05) is 5.75 Å². The fourth-order valence-corrected chi connectivity index (χ4v) is 1.84. The summed E-state index contributed by atoms with van der Waals surface area (Å²) in [5.74, 6) is -1.11. The Balaban J connectivity index is 2.31. The number of carbonyl (C=O) groups excluding carboxylic acids is 2. The normalized spacial score (nSPS) is 16.8. The van der Waals surface area contributed by atoms with Gasteiger partial charge in [-0.2, -0.15) is 0 Å². The number of rotatable bonds is 4. The van der Waals surface area contributed by atoms with E-state index in [0.29, 0.717) is 0 Å². The SMILES string of the molecule is O=C(O)CCSN1C(=O)CCC1=O. The highest BCUT2D eigenvalue weighted by molar-refractivity contribution is 7.98. The van der Waals surface area contributed by atoms with E-state index in [2.05, 4.69) is 0 Å². The molecule has 0 aromatic heterocycles. The smallest absolute Gasteiger partial charge is 0.304 e. The Morgan fingerprint density at radius 3 is 2.38 bits per heavy atom. The van der Waals surface area contributed by atoms with E-state index in [1.54, 1.807) is 0 Å². The molecule has 0 saturated carbocycles. The average Bonchev–Trinajstić information content (AvgIpc) is 2.34. The summed E-state index contributed by atoms with van der Waals surface area (Å²) < 4.78 is 1.06. The molecule has 0 aliphatic carbocycles. The van der Waals surface area contributed by atoms with Gasteiger partial charge in [0.05, 0.1) is 6.42 Å². The van der Waals surface area contributed by atoms with Crippen LogP contribution in [0.3, 0.4) is 0 Å². The van der Waals surface area contributed by atoms with Gasteiger partial charge in [0.15, 0.2) is 0 Å². The maximum atomic E-state index is 11.0. The van der Waals surface area contributed by atoms with Gasteiger partial charge in [0.1, 0.15) is 0 Å². The van der Waals surface area contributed by atoms with Crippen LogP contribution in [0.5, 0.6) is 0 Å². The number of nitrogens with zero attached hydrogens (tertiary/aromatic N) is 1. The lowest BCUT2D eigenvalue weighted by molar-refractivity contribution is -0.137. The molecule has 5 nitrogen and oxygen atoms in total. The van der Waals surface area contributed by atoms with Crippen molar-refractivity contribution in [3.63, 3.8) is 0 Å². The summed E-state index contributed by atoms with van der Waals surface area (Å²) >= 11 is 0.982. The number of carboxylic acids is 1. The summed E-state index contributed by atoms with van der Waals surface area (Å²) in [6.45, 7) is 0. The van der Waals surface area contributed by atoms with E-state index < -0.39 is 5.97 Å². The number of imide groups is 1. The van der Waals surface area contributed by atoms with Crippen LogP contribution in [-0.4, -0.2) is 32.9 Å². The van der Waals surface area contributed by atoms with Crippen molar-refractivity contribution in [3.05, 3.63) is 0 Å². The Morgan fingerprint density at radius 2 is 1.92 bits per heavy atom. The number of amides is 2. The fourth-order valence-electron chi connectivity index (χ4n) is 0.924. The standard InChI is InChI=1S/C7H9NO4S/c9-5-1-2-6(10)8(5)13-4-3-7(11)12/h1-4H2,(H,11,12). The molecule has 0 atom stereocenters. The van der Waals surface area contributed by atoms with Crippen LogP contribution in [0.1, 0.15) is 19.3 Å². The molecule has 2 amide bonds. The molecule has 1 fully saturated rings. The summed E-state index contributed by atoms with van der Waals surface area (Å²) in [5, 5.41) is 8.32. The number of carbonyl (C=O) groups is 3. The van der Waals surface area contributed by atoms with Gasteiger partial charge in [-0.05, 0) is 11.9 Å². The molecule has 72 valence electrons. The monoisotopic (exact) mass is 203 g/mol. The van der Waals surface area contributed by atoms with Gasteiger partial charge in [-0.3, -0.25) is 14.4 Å². The molecule has 0 spiro atoms. The van der Waals surface area contributed by atoms with E-state index in [1.807, 2.05) is 0 Å². The minimum Gasteiger partial charge on any atom is -0.481 e. The lowest BCUT2D eigenvalue weighted by Gasteiger charge is -2.10. The summed E-state index contributed by atoms with van der Waals surface area (Å²) in [6, 6.07) is 0. The van der Waals surface area contributed by atoms with Gasteiger partial charge in [-0.15, -0.1) is 0 Å². The Bertz CT molecular complexity index is 237. The number of carboxylic acid groups (broad SMARTS) is 1. The summed E-state index contributed by atoms with van der Waals surface area (Å²) in [4.78, 5) is 32.1. The largest absolute Gasteiger partial charge is 0.481 e. The molecule has 0 aromatic rings. The van der Waals surface area contributed by atoms with Gasteiger partial charge in [0.2, 0.25) is 11.8 Å². The van der Waals surface area contributed by atoms with Crippen LogP contribution in [0, 0.1) is 0 Å². The van der Waals surface area contributed by atoms with Crippen LogP contribution in [-0.2, 0) is 14.4 Å². The van der Waals surface area contributed by atoms with Crippen molar-refractivity contribution in [2.24, 2.45) is 0 Å². The van der Waals surface area contributed by atoms with Crippen LogP contribution in [0.4, 0.5) is 0 Å². The molecule has 1 rings (SSSR count). The van der Waals surface area contributed by atoms with E-state index >= 15 is 0 Å². The predicted octanol–water partition coefficient (Wildman–Crippen LogP) is 0.258. The molecule has 0 bridgehead atoms. The topological polar surface area (TPSA) is 74.7 Å². The zero-order valence-corrected chi connectivity index (χ0v) is 7.67. The van der Waals surface area contributed by atoms with Crippen LogP contribution in [0.15, 0.2) is 0 Å². The summed E-state index contributed by atoms with van der Waals surface area (Å²) in [7, 11) is 0. The molecular formula is C7H9NO4S. The second-order valence-electron chi connectivity index (χ2n) is 2.56. The van der Waals surface area contributed by atoms with E-state index in [-0.39, 0.29) is 36.8 Å². The highest BCUT2D eigenvalue weighted by Crippen LogP contribution is 2.21. The Hall–Kier alpha value is -1.04. The molecule has 0 unspecified atom stereocenters. The summed E-state index contributed by atoms with van der Waals surface area (Å²) in [6.07, 6.45) is 0.458. The fraction of sp³-hybridized carbons (Fsp3) is 0.571. The molecule has 1 saturated heterocycles. The van der Waals surface area contributed by atoms with Crippen molar-refractivity contribution in [1.29, 1.82) is 0 Å². The molecule has 1 N–H and O–H groups in total. The third kappa shape index (κ3) is 2.73. The highest BCUT2D eigenvalue weighted by atomic mass is 32.2. The van der Waals surface area contributed by atoms with Gasteiger partial charge in [-0.1, -0.05) is 0 Å². The molecule has 6 heteroatoms. The molecule has 0 aromatic carbocycles. The van der Waals surface area contributed by atoms with Crippen LogP contribution in [0.25, 0.3) is 0 Å². The first-order valence-electron chi connectivity index (χ1n) is 3.82. The van der Waals surface area contributed by atoms with Crippen molar-refractivity contribution in [3.8, 4) is 0 Å². The summed E-state index contributed by atoms with van der Waals surface area (Å²) in [5.41, 5.74) is 0. The zero-order valence-electron chi connectivity index (χ0n) is 6.86. The number of hydrogen-bond donors (Lipinski definition) is 1. The van der Waals surface area contributed by atoms with Gasteiger partial charge >= 0.3 is 5.97 Å². The van der Waals surface area contributed by atoms with E-state index in [4.69, 9.17) is 5.11 Å². The third-order valence-electron chi connectivity index (χ3n) is 1.54. The minimum absolute atomic E-state index is 0.0400. The van der Waals surface area contributed by atoms with E-state index in [1.165, 1.54) is 0 Å². The quantitative estimate of drug-likeness (QED) is 0.524. The zero-order chi connectivity index (χ0) is 9.84. The van der Waals surface area contributed by atoms with E-state index in [0.717, 1.165) is 16.3 Å². The van der Waals surface area contributed by atoms with Crippen molar-refractivity contribution < 1.29 is 19.5 Å². The molecule has 0 radical (unpaired) electrons. The maximum Gasteiger partial charge on any atom is 0.304 e. The molecular weight excluding hydrogens is 194 g/mol. The van der Waals surface area contributed by atoms with Gasteiger partial charge in [0.25, 0.3) is 0 Å². The van der Waals surface area contributed by atoms with Crippen molar-refractivity contribution in [2.45, 2.75) is 19.3 Å². The van der Waals surface area contributed by atoms with Crippen molar-refractivity contribution >= 4 is 29.7 Å². The molecule has 1 aliphatic heterocycles. The van der Waals surface area contributed by atoms with Crippen molar-refractivity contribution in [1.82, 2.24) is 4.31 Å². The lowest BCUT2D eigenvalue weighted by atomic mass is 10.4. The maximum absolute atomic E-state index is 11.0. The van der Waals surface area contributed by atoms with Crippen LogP contribution in [0.2, 0.25) is 0 Å². The first-order valence-corrected chi connectivity index (χ1v) is 4.76. The highest BCUT2D eigenvalue weighted by Gasteiger charge is 2.29. The lowest BCUT2D eigenvalue weighted by Crippen LogP contribution is -2.22. The Labute approximate surface area is 79.2 Å². The van der Waals surface area contributed by atoms with Gasteiger partial charge < -0.3 is 5.11 Å². The molecule has 1 heterocycles. The van der Waals surface area contributed by atoms with Gasteiger partial charge in [0, 0.05) is 18.6 Å². The second-order valence-corrected chi connectivity index (χ2v) is 3.59. The van der Waals surface area contributed by atoms with E-state index in [9.17, 15) is 14.4 Å². The minimum atomic E-state index is -0.924. The van der Waals surface area contributed by atoms with Crippen LogP contribution < -0.4 is 0 Å². The number of hydrogen-bond acceptors (Lipinski definition) is 4. The second kappa shape index (κ2) is 4.27. The van der Waals surface area contributed by atoms with Gasteiger partial charge in [-0.25, -0.2) is 4.31 Å². The molecule has 1 aliphatic rings. The first-order chi connectivity index (χ1) is 6.11.